The molecule has 0 unspecified atom stereocenters. The average molecular weight is 231 g/mol. The fourth-order valence-corrected chi connectivity index (χ4v) is 1.08. The molecule has 1 nitrogen and oxygen atoms in total. The Morgan fingerprint density at radius 1 is 1.25 bits per heavy atom. The van der Waals surface area contributed by atoms with Gasteiger partial charge in [-0.15, -0.1) is 0 Å². The molecule has 86 valence electrons. The normalized spacial score (nSPS) is 10.8. The lowest BCUT2D eigenvalue weighted by Crippen LogP contribution is -2.09. The highest BCUT2D eigenvalue weighted by Gasteiger charge is 2.34. The molecule has 0 radical (unpaired) electrons. The minimum Gasteiger partial charge on any atom is -0.330 e. The molecule has 0 saturated heterocycles. The summed E-state index contributed by atoms with van der Waals surface area (Å²) in [5, 5.41) is 0. The molecule has 0 aliphatic carbocycles. The van der Waals surface area contributed by atoms with Gasteiger partial charge in [-0.3, -0.25) is 0 Å². The van der Waals surface area contributed by atoms with Gasteiger partial charge in [0.1, 0.15) is 0 Å². The lowest BCUT2D eigenvalue weighted by molar-refractivity contribution is -0.140. The van der Waals surface area contributed by atoms with Gasteiger partial charge in [-0.2, -0.15) is 13.2 Å². The van der Waals surface area contributed by atoms with Crippen molar-refractivity contribution in [3.8, 4) is 11.8 Å². The molecular formula is C11H9F4N. The van der Waals surface area contributed by atoms with Gasteiger partial charge in [0.2, 0.25) is 0 Å². The Kier molecular flexibility index (Phi) is 3.91. The summed E-state index contributed by atoms with van der Waals surface area (Å²) in [5.41, 5.74) is 3.59. The van der Waals surface area contributed by atoms with E-state index < -0.39 is 17.6 Å². The quantitative estimate of drug-likeness (QED) is 0.583. The summed E-state index contributed by atoms with van der Waals surface area (Å²) in [7, 11) is 0. The van der Waals surface area contributed by atoms with Gasteiger partial charge >= 0.3 is 6.18 Å². The highest BCUT2D eigenvalue weighted by atomic mass is 19.4. The van der Waals surface area contributed by atoms with E-state index in [1.165, 1.54) is 6.07 Å². The van der Waals surface area contributed by atoms with Crippen LogP contribution in [0.2, 0.25) is 0 Å². The first-order chi connectivity index (χ1) is 7.46. The number of benzene rings is 1. The van der Waals surface area contributed by atoms with Crippen LogP contribution in [0.25, 0.3) is 0 Å². The van der Waals surface area contributed by atoms with E-state index in [4.69, 9.17) is 5.73 Å². The van der Waals surface area contributed by atoms with Gasteiger partial charge in [-0.1, -0.05) is 17.9 Å². The van der Waals surface area contributed by atoms with Gasteiger partial charge in [0, 0.05) is 13.0 Å². The minimum absolute atomic E-state index is 0.261. The third kappa shape index (κ3) is 2.97. The van der Waals surface area contributed by atoms with Crippen molar-refractivity contribution in [2.75, 3.05) is 6.54 Å². The molecule has 0 bridgehead atoms. The molecule has 1 aromatic carbocycles. The Balaban J connectivity index is 3.11. The Morgan fingerprint density at radius 2 is 1.94 bits per heavy atom. The maximum atomic E-state index is 13.3. The Labute approximate surface area is 90.3 Å². The maximum Gasteiger partial charge on any atom is 0.419 e. The zero-order chi connectivity index (χ0) is 12.2. The van der Waals surface area contributed by atoms with Crippen molar-refractivity contribution >= 4 is 0 Å². The zero-order valence-corrected chi connectivity index (χ0v) is 8.24. The van der Waals surface area contributed by atoms with E-state index in [1.54, 1.807) is 0 Å². The second kappa shape index (κ2) is 4.99. The Morgan fingerprint density at radius 3 is 2.50 bits per heavy atom. The van der Waals surface area contributed by atoms with Crippen molar-refractivity contribution in [2.24, 2.45) is 5.73 Å². The molecule has 0 spiro atoms. The summed E-state index contributed by atoms with van der Waals surface area (Å²) >= 11 is 0. The highest BCUT2D eigenvalue weighted by Crippen LogP contribution is 2.32. The molecule has 0 fully saturated rings. The molecule has 0 aliphatic heterocycles. The number of hydrogen-bond acceptors (Lipinski definition) is 1. The predicted molar refractivity (Wildman–Crippen MR) is 52.0 cm³/mol. The van der Waals surface area contributed by atoms with Gasteiger partial charge in [0.25, 0.3) is 0 Å². The third-order valence-electron chi connectivity index (χ3n) is 1.80. The molecule has 0 heterocycles. The molecule has 0 saturated carbocycles. The zero-order valence-electron chi connectivity index (χ0n) is 8.24. The van der Waals surface area contributed by atoms with E-state index in [2.05, 4.69) is 11.8 Å². The SMILES string of the molecule is NCCC#Cc1cccc(C(F)(F)F)c1F. The number of alkyl halides is 3. The summed E-state index contributed by atoms with van der Waals surface area (Å²) in [5.74, 6) is 3.48. The van der Waals surface area contributed by atoms with E-state index in [-0.39, 0.29) is 12.1 Å². The van der Waals surface area contributed by atoms with Crippen LogP contribution in [0.15, 0.2) is 18.2 Å². The largest absolute Gasteiger partial charge is 0.419 e. The van der Waals surface area contributed by atoms with Gasteiger partial charge in [-0.25, -0.2) is 4.39 Å². The molecule has 16 heavy (non-hydrogen) atoms. The van der Waals surface area contributed by atoms with Crippen LogP contribution in [0.5, 0.6) is 0 Å². The molecule has 0 aliphatic rings. The van der Waals surface area contributed by atoms with Crippen LogP contribution in [0.1, 0.15) is 17.5 Å². The van der Waals surface area contributed by atoms with Crippen LogP contribution in [0, 0.1) is 17.7 Å². The monoisotopic (exact) mass is 231 g/mol. The van der Waals surface area contributed by atoms with Gasteiger partial charge < -0.3 is 5.73 Å². The first kappa shape index (κ1) is 12.5. The van der Waals surface area contributed by atoms with E-state index in [0.29, 0.717) is 12.5 Å². The van der Waals surface area contributed by atoms with Crippen LogP contribution in [-0.4, -0.2) is 6.54 Å². The number of rotatable bonds is 1. The summed E-state index contributed by atoms with van der Waals surface area (Å²) in [6.07, 6.45) is -4.38. The third-order valence-corrected chi connectivity index (χ3v) is 1.80. The highest BCUT2D eigenvalue weighted by molar-refractivity contribution is 5.39. The molecule has 0 atom stereocenters. The van der Waals surface area contributed by atoms with E-state index >= 15 is 0 Å². The first-order valence-corrected chi connectivity index (χ1v) is 4.51. The van der Waals surface area contributed by atoms with Crippen molar-refractivity contribution in [3.05, 3.63) is 35.1 Å². The summed E-state index contributed by atoms with van der Waals surface area (Å²) in [6.45, 7) is 0.285. The first-order valence-electron chi connectivity index (χ1n) is 4.51. The molecule has 5 heteroatoms. The Bertz CT molecular complexity index is 426. The van der Waals surface area contributed by atoms with Crippen LogP contribution in [-0.2, 0) is 6.18 Å². The summed E-state index contributed by atoms with van der Waals surface area (Å²) in [4.78, 5) is 0. The number of halogens is 4. The van der Waals surface area contributed by atoms with Gasteiger partial charge in [-0.05, 0) is 12.1 Å². The second-order valence-corrected chi connectivity index (χ2v) is 3.01. The van der Waals surface area contributed by atoms with Gasteiger partial charge in [0.15, 0.2) is 5.82 Å². The maximum absolute atomic E-state index is 13.3. The van der Waals surface area contributed by atoms with Crippen LogP contribution >= 0.6 is 0 Å². The molecule has 1 aromatic rings. The lowest BCUT2D eigenvalue weighted by Gasteiger charge is -2.08. The summed E-state index contributed by atoms with van der Waals surface area (Å²) in [6, 6.07) is 3.01. The smallest absolute Gasteiger partial charge is 0.330 e. The predicted octanol–water partition coefficient (Wildman–Crippen LogP) is 2.54. The average Bonchev–Trinajstić information content (AvgIpc) is 2.19. The molecule has 1 rings (SSSR count). The molecule has 0 aromatic heterocycles. The molecular weight excluding hydrogens is 222 g/mol. The van der Waals surface area contributed by atoms with E-state index in [1.807, 2.05) is 0 Å². The minimum atomic E-state index is -4.70. The van der Waals surface area contributed by atoms with Gasteiger partial charge in [0.05, 0.1) is 11.1 Å². The molecule has 2 N–H and O–H groups in total. The Hall–Kier alpha value is -1.54. The van der Waals surface area contributed by atoms with Crippen LogP contribution < -0.4 is 5.73 Å². The fourth-order valence-electron chi connectivity index (χ4n) is 1.08. The van der Waals surface area contributed by atoms with Crippen LogP contribution in [0.4, 0.5) is 17.6 Å². The molecule has 0 amide bonds. The van der Waals surface area contributed by atoms with Crippen molar-refractivity contribution in [3.63, 3.8) is 0 Å². The van der Waals surface area contributed by atoms with Crippen molar-refractivity contribution in [1.82, 2.24) is 0 Å². The number of nitrogens with two attached hydrogens (primary N) is 1. The lowest BCUT2D eigenvalue weighted by atomic mass is 10.1. The number of hydrogen-bond donors (Lipinski definition) is 1. The van der Waals surface area contributed by atoms with Crippen molar-refractivity contribution in [2.45, 2.75) is 12.6 Å². The van der Waals surface area contributed by atoms with Crippen LogP contribution in [0.3, 0.4) is 0 Å². The fraction of sp³-hybridized carbons (Fsp3) is 0.273. The van der Waals surface area contributed by atoms with E-state index in [0.717, 1.165) is 6.07 Å². The summed E-state index contributed by atoms with van der Waals surface area (Å²) < 4.78 is 50.3. The van der Waals surface area contributed by atoms with Crippen molar-refractivity contribution in [1.29, 1.82) is 0 Å². The topological polar surface area (TPSA) is 26.0 Å². The standard InChI is InChI=1S/C11H9F4N/c12-10-8(4-1-2-7-16)5-3-6-9(10)11(13,14)15/h3,5-6H,2,7,16H2. The second-order valence-electron chi connectivity index (χ2n) is 3.01. The van der Waals surface area contributed by atoms with E-state index in [9.17, 15) is 17.6 Å². The van der Waals surface area contributed by atoms with Crippen molar-refractivity contribution < 1.29 is 17.6 Å².